The number of carbonyl (C=O) groups is 1. The number of nitrogens with zero attached hydrogens (tertiary/aromatic N) is 4. The van der Waals surface area contributed by atoms with Gasteiger partial charge in [-0.3, -0.25) is 4.79 Å². The van der Waals surface area contributed by atoms with Crippen LogP contribution in [0.15, 0.2) is 52.3 Å². The fourth-order valence-corrected chi connectivity index (χ4v) is 6.05. The van der Waals surface area contributed by atoms with Crippen molar-refractivity contribution in [2.24, 2.45) is 0 Å². The normalized spacial score (nSPS) is 15.7. The third-order valence-corrected chi connectivity index (χ3v) is 8.10. The van der Waals surface area contributed by atoms with Crippen LogP contribution < -0.4 is 0 Å². The summed E-state index contributed by atoms with van der Waals surface area (Å²) in [5.74, 6) is -0.161. The van der Waals surface area contributed by atoms with Crippen LogP contribution in [-0.2, 0) is 14.8 Å². The van der Waals surface area contributed by atoms with Crippen LogP contribution in [0, 0.1) is 5.82 Å². The Labute approximate surface area is 175 Å². The Hall–Kier alpha value is -2.08. The Morgan fingerprint density at radius 2 is 1.79 bits per heavy atom. The Kier molecular flexibility index (Phi) is 5.81. The minimum absolute atomic E-state index is 0.0674. The number of piperazine rings is 1. The van der Waals surface area contributed by atoms with Crippen LogP contribution in [0.25, 0.3) is 11.0 Å². The molecule has 3 aromatic rings. The molecule has 7 nitrogen and oxygen atoms in total. The summed E-state index contributed by atoms with van der Waals surface area (Å²) in [5, 5.41) is 0. The van der Waals surface area contributed by atoms with E-state index in [0.717, 1.165) is 16.6 Å². The topological polar surface area (TPSA) is 83.5 Å². The lowest BCUT2D eigenvalue weighted by atomic mass is 10.3. The molecule has 0 aliphatic carbocycles. The molecule has 2 aromatic carbocycles. The Morgan fingerprint density at radius 3 is 2.52 bits per heavy atom. The predicted octanol–water partition coefficient (Wildman–Crippen LogP) is 2.46. The Bertz CT molecular complexity index is 1130. The molecule has 0 atom stereocenters. The maximum absolute atomic E-state index is 13.0. The first-order chi connectivity index (χ1) is 13.9. The van der Waals surface area contributed by atoms with E-state index < -0.39 is 10.0 Å². The summed E-state index contributed by atoms with van der Waals surface area (Å²) in [5.41, 5.74) is 0.939. The van der Waals surface area contributed by atoms with E-state index in [4.69, 9.17) is 0 Å². The summed E-state index contributed by atoms with van der Waals surface area (Å²) in [6.45, 7) is 1.10. The number of aromatic nitrogens is 2. The number of hydrogen-bond acceptors (Lipinski definition) is 7. The van der Waals surface area contributed by atoms with Crippen LogP contribution in [0.3, 0.4) is 0 Å². The number of carbonyl (C=O) groups excluding carboxylic acids is 1. The highest BCUT2D eigenvalue weighted by Crippen LogP contribution is 2.25. The van der Waals surface area contributed by atoms with Gasteiger partial charge >= 0.3 is 0 Å². The van der Waals surface area contributed by atoms with E-state index in [-0.39, 0.29) is 35.5 Å². The molecule has 2 heterocycles. The number of halogens is 1. The second kappa shape index (κ2) is 8.34. The monoisotopic (exact) mass is 452 g/mol. The molecule has 0 N–H and O–H groups in total. The fraction of sp³-hybridized carbons (Fsp3) is 0.278. The molecule has 1 amide bonds. The molecule has 0 unspecified atom stereocenters. The van der Waals surface area contributed by atoms with E-state index in [1.807, 2.05) is 0 Å². The van der Waals surface area contributed by atoms with Gasteiger partial charge in [0.2, 0.25) is 15.9 Å². The lowest BCUT2D eigenvalue weighted by Gasteiger charge is -2.34. The molecule has 11 heteroatoms. The van der Waals surface area contributed by atoms with Gasteiger partial charge in [-0.05, 0) is 36.4 Å². The second-order valence-corrected chi connectivity index (χ2v) is 9.90. The van der Waals surface area contributed by atoms with Crippen LogP contribution in [0.1, 0.15) is 0 Å². The van der Waals surface area contributed by atoms with Crippen molar-refractivity contribution in [2.45, 2.75) is 9.79 Å². The number of thioether (sulfide) groups is 1. The predicted molar refractivity (Wildman–Crippen MR) is 110 cm³/mol. The number of rotatable bonds is 5. The van der Waals surface area contributed by atoms with Crippen molar-refractivity contribution >= 4 is 50.5 Å². The summed E-state index contributed by atoms with van der Waals surface area (Å²) in [6, 6.07) is 10.9. The van der Waals surface area contributed by atoms with Gasteiger partial charge in [-0.2, -0.15) is 13.1 Å². The zero-order valence-corrected chi connectivity index (χ0v) is 17.6. The Morgan fingerprint density at radius 1 is 1.07 bits per heavy atom. The van der Waals surface area contributed by atoms with Crippen molar-refractivity contribution in [3.05, 3.63) is 48.3 Å². The first-order valence-electron chi connectivity index (χ1n) is 8.83. The first-order valence-corrected chi connectivity index (χ1v) is 12.0. The van der Waals surface area contributed by atoms with Gasteiger partial charge in [-0.15, -0.1) is 11.8 Å². The zero-order valence-electron chi connectivity index (χ0n) is 15.2. The van der Waals surface area contributed by atoms with Gasteiger partial charge in [0.25, 0.3) is 0 Å². The molecule has 1 aliphatic rings. The highest BCUT2D eigenvalue weighted by molar-refractivity contribution is 8.00. The lowest BCUT2D eigenvalue weighted by Crippen LogP contribution is -2.51. The lowest BCUT2D eigenvalue weighted by molar-refractivity contribution is -0.129. The van der Waals surface area contributed by atoms with Crippen molar-refractivity contribution in [1.29, 1.82) is 0 Å². The zero-order chi connectivity index (χ0) is 20.4. The van der Waals surface area contributed by atoms with Crippen molar-refractivity contribution in [3.63, 3.8) is 0 Å². The highest BCUT2D eigenvalue weighted by Gasteiger charge is 2.31. The summed E-state index contributed by atoms with van der Waals surface area (Å²) in [4.78, 5) is 15.1. The summed E-state index contributed by atoms with van der Waals surface area (Å²) >= 11 is 2.31. The quantitative estimate of drug-likeness (QED) is 0.553. The van der Waals surface area contributed by atoms with Gasteiger partial charge in [0, 0.05) is 31.1 Å². The molecule has 0 bridgehead atoms. The van der Waals surface area contributed by atoms with Crippen LogP contribution in [-0.4, -0.2) is 64.2 Å². The van der Waals surface area contributed by atoms with E-state index in [0.29, 0.717) is 24.1 Å². The van der Waals surface area contributed by atoms with Gasteiger partial charge in [0.1, 0.15) is 21.7 Å². The van der Waals surface area contributed by atoms with E-state index in [1.54, 1.807) is 29.2 Å². The minimum atomic E-state index is -3.71. The standard InChI is InChI=1S/C18H17FN4O3S3/c19-13-4-6-14(7-5-13)27-12-17(24)22-8-10-23(11-9-22)29(25,26)16-3-1-2-15-18(16)21-28-20-15/h1-7H,8-12H2. The van der Waals surface area contributed by atoms with Gasteiger partial charge in [-0.25, -0.2) is 12.8 Å². The number of hydrogen-bond donors (Lipinski definition) is 0. The van der Waals surface area contributed by atoms with Gasteiger partial charge in [0.05, 0.1) is 17.5 Å². The van der Waals surface area contributed by atoms with Crippen molar-refractivity contribution < 1.29 is 17.6 Å². The largest absolute Gasteiger partial charge is 0.339 e. The highest BCUT2D eigenvalue weighted by atomic mass is 32.2. The van der Waals surface area contributed by atoms with E-state index in [1.165, 1.54) is 34.3 Å². The molecular weight excluding hydrogens is 435 g/mol. The second-order valence-electron chi connectivity index (χ2n) is 6.42. The van der Waals surface area contributed by atoms with Crippen molar-refractivity contribution in [2.75, 3.05) is 31.9 Å². The molecule has 0 radical (unpaired) electrons. The maximum Gasteiger partial charge on any atom is 0.245 e. The summed E-state index contributed by atoms with van der Waals surface area (Å²) < 4.78 is 48.6. The van der Waals surface area contributed by atoms with E-state index in [2.05, 4.69) is 8.75 Å². The van der Waals surface area contributed by atoms with Crippen LogP contribution >= 0.6 is 23.5 Å². The van der Waals surface area contributed by atoms with Gasteiger partial charge in [-0.1, -0.05) is 6.07 Å². The molecule has 152 valence electrons. The fourth-order valence-electron chi connectivity index (χ4n) is 3.07. The average molecular weight is 453 g/mol. The SMILES string of the molecule is O=C(CSc1ccc(F)cc1)N1CCN(S(=O)(=O)c2cccc3nsnc23)CC1. The first kappa shape index (κ1) is 20.2. The minimum Gasteiger partial charge on any atom is -0.339 e. The number of benzene rings is 2. The van der Waals surface area contributed by atoms with E-state index >= 15 is 0 Å². The van der Waals surface area contributed by atoms with Crippen molar-refractivity contribution in [3.8, 4) is 0 Å². The van der Waals surface area contributed by atoms with Crippen LogP contribution in [0.5, 0.6) is 0 Å². The number of sulfonamides is 1. The van der Waals surface area contributed by atoms with E-state index in [9.17, 15) is 17.6 Å². The number of fused-ring (bicyclic) bond motifs is 1. The summed E-state index contributed by atoms with van der Waals surface area (Å²) in [7, 11) is -3.71. The van der Waals surface area contributed by atoms with Crippen LogP contribution in [0.4, 0.5) is 4.39 Å². The molecule has 1 fully saturated rings. The molecule has 4 rings (SSSR count). The molecule has 1 aliphatic heterocycles. The average Bonchev–Trinajstić information content (AvgIpc) is 3.22. The molecule has 1 saturated heterocycles. The Balaban J connectivity index is 1.38. The molecule has 29 heavy (non-hydrogen) atoms. The third-order valence-electron chi connectivity index (χ3n) is 4.63. The smallest absolute Gasteiger partial charge is 0.245 e. The molecular formula is C18H17FN4O3S3. The van der Waals surface area contributed by atoms with Crippen molar-refractivity contribution in [1.82, 2.24) is 18.0 Å². The van der Waals surface area contributed by atoms with Crippen LogP contribution in [0.2, 0.25) is 0 Å². The molecule has 0 saturated carbocycles. The van der Waals surface area contributed by atoms with Gasteiger partial charge < -0.3 is 4.90 Å². The maximum atomic E-state index is 13.0. The molecule has 0 spiro atoms. The third kappa shape index (κ3) is 4.27. The molecule has 1 aromatic heterocycles. The summed E-state index contributed by atoms with van der Waals surface area (Å²) in [6.07, 6.45) is 0. The number of amides is 1. The van der Waals surface area contributed by atoms with Gasteiger partial charge in [0.15, 0.2) is 0 Å².